The molecule has 2 saturated heterocycles. The molecule has 2 rings (SSSR count). The molecular formula is C32H46N2O18. The van der Waals surface area contributed by atoms with Gasteiger partial charge < -0.3 is 58.0 Å². The van der Waals surface area contributed by atoms with Gasteiger partial charge in [-0.1, -0.05) is 6.58 Å². The third kappa shape index (κ3) is 14.2. The number of ether oxygens (including phenoxy) is 10. The molecule has 0 aromatic rings. The third-order valence-corrected chi connectivity index (χ3v) is 7.10. The van der Waals surface area contributed by atoms with Crippen LogP contribution in [0.25, 0.3) is 0 Å². The quantitative estimate of drug-likeness (QED) is 0.0774. The van der Waals surface area contributed by atoms with Crippen molar-refractivity contribution in [2.45, 2.75) is 116 Å². The van der Waals surface area contributed by atoms with E-state index in [-0.39, 0.29) is 19.6 Å². The predicted octanol–water partition coefficient (Wildman–Crippen LogP) is -1.11. The first-order chi connectivity index (χ1) is 24.4. The maximum absolute atomic E-state index is 12.5. The van der Waals surface area contributed by atoms with E-state index in [2.05, 4.69) is 17.2 Å². The number of amides is 2. The number of esters is 6. The van der Waals surface area contributed by atoms with E-state index >= 15 is 0 Å². The van der Waals surface area contributed by atoms with Crippen LogP contribution in [0, 0.1) is 0 Å². The zero-order valence-electron chi connectivity index (χ0n) is 29.9. The van der Waals surface area contributed by atoms with Gasteiger partial charge in [0.1, 0.15) is 37.6 Å². The molecule has 52 heavy (non-hydrogen) atoms. The van der Waals surface area contributed by atoms with Crippen LogP contribution in [-0.2, 0) is 85.7 Å². The molecule has 0 aromatic carbocycles. The molecule has 2 N–H and O–H groups in total. The molecular weight excluding hydrogens is 700 g/mol. The summed E-state index contributed by atoms with van der Waals surface area (Å²) in [4.78, 5) is 97.0. The first-order valence-electron chi connectivity index (χ1n) is 16.1. The van der Waals surface area contributed by atoms with Gasteiger partial charge in [-0.05, 0) is 12.5 Å². The van der Waals surface area contributed by atoms with Gasteiger partial charge in [-0.2, -0.15) is 0 Å². The number of carbonyl (C=O) groups excluding carboxylic acids is 8. The second-order valence-corrected chi connectivity index (χ2v) is 11.5. The highest BCUT2D eigenvalue weighted by molar-refractivity contribution is 5.86. The van der Waals surface area contributed by atoms with Crippen LogP contribution < -0.4 is 10.6 Å². The van der Waals surface area contributed by atoms with Crippen LogP contribution in [0.2, 0.25) is 0 Å². The molecule has 0 radical (unpaired) electrons. The Morgan fingerprint density at radius 1 is 0.615 bits per heavy atom. The van der Waals surface area contributed by atoms with Crippen LogP contribution in [0.1, 0.15) is 54.9 Å². The number of nitrogens with one attached hydrogen (secondary N) is 2. The molecule has 10 atom stereocenters. The van der Waals surface area contributed by atoms with Gasteiger partial charge in [-0.15, -0.1) is 0 Å². The van der Waals surface area contributed by atoms with Crippen LogP contribution in [0.15, 0.2) is 12.7 Å². The van der Waals surface area contributed by atoms with E-state index in [4.69, 9.17) is 47.4 Å². The Kier molecular flexibility index (Phi) is 17.6. The Bertz CT molecular complexity index is 1320. The average Bonchev–Trinajstić information content (AvgIpc) is 3.02. The van der Waals surface area contributed by atoms with E-state index in [1.807, 2.05) is 0 Å². The van der Waals surface area contributed by atoms with Crippen molar-refractivity contribution >= 4 is 47.6 Å². The van der Waals surface area contributed by atoms with Crippen molar-refractivity contribution in [1.29, 1.82) is 0 Å². The standard InChI is InChI=1S/C32H46N2O18/c1-9-24(42)33-11-10-12-43-31-25(34-15(2)35)28(47-19(6)39)26(22(50-31)13-44-16(3)36)52-32-30(49-21(8)41)29(48-20(7)40)27(46-18(5)38)23(51-32)14-45-17(4)37/h9,22-23,25-32H,1,10-14H2,2-8H3,(H,33,42)(H,34,35)/t22-,23-,25-,26-,27+,28-,29+,30-,31-,32+/m1/s1. The molecule has 2 aliphatic rings. The summed E-state index contributed by atoms with van der Waals surface area (Å²) in [6.45, 7) is 9.99. The molecule has 2 amide bonds. The number of hydrogen-bond acceptors (Lipinski definition) is 18. The van der Waals surface area contributed by atoms with Gasteiger partial charge in [-0.25, -0.2) is 0 Å². The highest BCUT2D eigenvalue weighted by atomic mass is 16.8. The fraction of sp³-hybridized carbons (Fsp3) is 0.688. The summed E-state index contributed by atoms with van der Waals surface area (Å²) in [5.74, 6) is -6.03. The minimum atomic E-state index is -1.78. The summed E-state index contributed by atoms with van der Waals surface area (Å²) in [5.41, 5.74) is 0. The van der Waals surface area contributed by atoms with Crippen molar-refractivity contribution < 1.29 is 85.7 Å². The van der Waals surface area contributed by atoms with E-state index in [0.717, 1.165) is 47.6 Å². The van der Waals surface area contributed by atoms with Gasteiger partial charge in [0.05, 0.1) is 6.61 Å². The summed E-state index contributed by atoms with van der Waals surface area (Å²) < 4.78 is 56.7. The Hall–Kier alpha value is -4.66. The van der Waals surface area contributed by atoms with Crippen LogP contribution in [0.5, 0.6) is 0 Å². The molecule has 20 nitrogen and oxygen atoms in total. The molecule has 0 aromatic heterocycles. The lowest BCUT2D eigenvalue weighted by molar-refractivity contribution is -0.350. The van der Waals surface area contributed by atoms with Crippen molar-refractivity contribution in [2.75, 3.05) is 26.4 Å². The van der Waals surface area contributed by atoms with Gasteiger partial charge in [0.15, 0.2) is 37.0 Å². The molecule has 0 bridgehead atoms. The second-order valence-electron chi connectivity index (χ2n) is 11.5. The van der Waals surface area contributed by atoms with Crippen molar-refractivity contribution in [3.8, 4) is 0 Å². The molecule has 2 aliphatic heterocycles. The zero-order chi connectivity index (χ0) is 39.1. The van der Waals surface area contributed by atoms with Crippen LogP contribution in [0.3, 0.4) is 0 Å². The first kappa shape index (κ1) is 43.5. The highest BCUT2D eigenvalue weighted by Gasteiger charge is 2.57. The van der Waals surface area contributed by atoms with Crippen LogP contribution >= 0.6 is 0 Å². The number of carbonyl (C=O) groups is 8. The summed E-state index contributed by atoms with van der Waals surface area (Å²) in [5, 5.41) is 5.19. The highest BCUT2D eigenvalue weighted by Crippen LogP contribution is 2.34. The maximum Gasteiger partial charge on any atom is 0.303 e. The predicted molar refractivity (Wildman–Crippen MR) is 169 cm³/mol. The van der Waals surface area contributed by atoms with E-state index in [1.54, 1.807) is 0 Å². The van der Waals surface area contributed by atoms with Gasteiger partial charge in [0.2, 0.25) is 11.8 Å². The van der Waals surface area contributed by atoms with Gasteiger partial charge in [0.25, 0.3) is 0 Å². The fourth-order valence-electron chi connectivity index (χ4n) is 5.27. The largest absolute Gasteiger partial charge is 0.463 e. The normalized spacial score (nSPS) is 28.2. The van der Waals surface area contributed by atoms with E-state index in [0.29, 0.717) is 0 Å². The molecule has 2 fully saturated rings. The molecule has 20 heteroatoms. The van der Waals surface area contributed by atoms with E-state index < -0.39 is 122 Å². The fourth-order valence-corrected chi connectivity index (χ4v) is 5.27. The second kappa shape index (κ2) is 21.0. The summed E-state index contributed by atoms with van der Waals surface area (Å²) >= 11 is 0. The summed E-state index contributed by atoms with van der Waals surface area (Å²) in [6, 6.07) is -1.30. The molecule has 292 valence electrons. The third-order valence-electron chi connectivity index (χ3n) is 7.10. The summed E-state index contributed by atoms with van der Waals surface area (Å²) in [6.07, 6.45) is -12.4. The molecule has 0 spiro atoms. The first-order valence-corrected chi connectivity index (χ1v) is 16.1. The topological polar surface area (TPSA) is 253 Å². The zero-order valence-corrected chi connectivity index (χ0v) is 29.9. The maximum atomic E-state index is 12.5. The molecule has 0 aliphatic carbocycles. The van der Waals surface area contributed by atoms with Crippen molar-refractivity contribution in [3.05, 3.63) is 12.7 Å². The van der Waals surface area contributed by atoms with E-state index in [9.17, 15) is 38.4 Å². The van der Waals surface area contributed by atoms with Crippen molar-refractivity contribution in [3.63, 3.8) is 0 Å². The smallest absolute Gasteiger partial charge is 0.303 e. The van der Waals surface area contributed by atoms with E-state index in [1.165, 1.54) is 6.92 Å². The molecule has 0 saturated carbocycles. The summed E-state index contributed by atoms with van der Waals surface area (Å²) in [7, 11) is 0. The monoisotopic (exact) mass is 746 g/mol. The molecule has 0 unspecified atom stereocenters. The Morgan fingerprint density at radius 2 is 1.10 bits per heavy atom. The van der Waals surface area contributed by atoms with Crippen molar-refractivity contribution in [2.24, 2.45) is 0 Å². The SMILES string of the molecule is C=CC(=O)NCCCO[C@@H]1O[C@H](COC(C)=O)[C@@H](O[C@@H]2O[C@H](COC(C)=O)[C@H](OC(C)=O)[C@H](OC(C)=O)[C@H]2OC(C)=O)[C@H](OC(C)=O)[C@H]1NC(C)=O. The minimum absolute atomic E-state index is 0.0452. The Morgan fingerprint density at radius 3 is 1.60 bits per heavy atom. The Balaban J connectivity index is 2.65. The lowest BCUT2D eigenvalue weighted by atomic mass is 9.94. The average molecular weight is 747 g/mol. The van der Waals surface area contributed by atoms with Crippen LogP contribution in [0.4, 0.5) is 0 Å². The van der Waals surface area contributed by atoms with Crippen molar-refractivity contribution in [1.82, 2.24) is 10.6 Å². The van der Waals surface area contributed by atoms with Crippen LogP contribution in [-0.4, -0.2) is 135 Å². The minimum Gasteiger partial charge on any atom is -0.463 e. The lowest BCUT2D eigenvalue weighted by Crippen LogP contribution is -2.69. The Labute approximate surface area is 299 Å². The number of hydrogen-bond donors (Lipinski definition) is 2. The van der Waals surface area contributed by atoms with Gasteiger partial charge in [-0.3, -0.25) is 38.4 Å². The number of rotatable bonds is 17. The molecule has 2 heterocycles. The van der Waals surface area contributed by atoms with Gasteiger partial charge >= 0.3 is 35.8 Å². The lowest BCUT2D eigenvalue weighted by Gasteiger charge is -2.49. The van der Waals surface area contributed by atoms with Gasteiger partial charge in [0, 0.05) is 55.0 Å².